The monoisotopic (exact) mass is 558 g/mol. The van der Waals surface area contributed by atoms with Crippen molar-refractivity contribution in [2.45, 2.75) is 11.8 Å². The van der Waals surface area contributed by atoms with Gasteiger partial charge in [0.05, 0.1) is 28.8 Å². The van der Waals surface area contributed by atoms with Gasteiger partial charge in [-0.05, 0) is 61.0 Å². The molecule has 35 heavy (non-hydrogen) atoms. The average Bonchev–Trinajstić information content (AvgIpc) is 2.85. The second-order valence-electron chi connectivity index (χ2n) is 7.28. The predicted molar refractivity (Wildman–Crippen MR) is 136 cm³/mol. The van der Waals surface area contributed by atoms with Crippen LogP contribution in [0.1, 0.15) is 21.5 Å². The van der Waals surface area contributed by atoms with E-state index in [2.05, 4.69) is 33.1 Å². The fourth-order valence-corrected chi connectivity index (χ4v) is 4.83. The lowest BCUT2D eigenvalue weighted by Crippen LogP contribution is -2.23. The highest BCUT2D eigenvalue weighted by Crippen LogP contribution is 2.27. The molecule has 3 aromatic carbocycles. The molecule has 0 unspecified atom stereocenters. The molecule has 0 bridgehead atoms. The highest BCUT2D eigenvalue weighted by molar-refractivity contribution is 9.10. The van der Waals surface area contributed by atoms with Gasteiger partial charge in [0.25, 0.3) is 5.91 Å². The molecule has 10 heteroatoms. The number of carbonyl (C=O) groups excluding carboxylic acids is 1. The molecule has 0 heterocycles. The number of benzene rings is 3. The molecule has 1 amide bonds. The molecule has 0 radical (unpaired) electrons. The number of carbonyl (C=O) groups is 1. The Labute approximate surface area is 212 Å². The molecule has 0 saturated carbocycles. The number of halogens is 1. The molecule has 3 rings (SSSR count). The second kappa shape index (κ2) is 11.8. The van der Waals surface area contributed by atoms with Crippen LogP contribution in [0.5, 0.6) is 11.5 Å². The summed E-state index contributed by atoms with van der Waals surface area (Å²) in [6, 6.07) is 16.6. The quantitative estimate of drug-likeness (QED) is 0.216. The van der Waals surface area contributed by atoms with Crippen LogP contribution < -0.4 is 20.3 Å². The summed E-state index contributed by atoms with van der Waals surface area (Å²) in [5, 5.41) is 11.8. The van der Waals surface area contributed by atoms with Crippen LogP contribution in [0.25, 0.3) is 0 Å². The van der Waals surface area contributed by atoms with Gasteiger partial charge in [-0.3, -0.25) is 10.0 Å². The normalized spacial score (nSPS) is 10.6. The Bertz CT molecular complexity index is 1380. The van der Waals surface area contributed by atoms with Gasteiger partial charge in [0.2, 0.25) is 0 Å². The summed E-state index contributed by atoms with van der Waals surface area (Å²) in [5.74, 6) is 5.81. The summed E-state index contributed by atoms with van der Waals surface area (Å²) >= 11 is 3.29. The molecule has 0 saturated heterocycles. The van der Waals surface area contributed by atoms with Crippen LogP contribution in [-0.2, 0) is 9.84 Å². The molecular formula is C25H23BrN2O6S. The van der Waals surface area contributed by atoms with Gasteiger partial charge in [-0.1, -0.05) is 39.9 Å². The molecule has 3 N–H and O–H groups in total. The van der Waals surface area contributed by atoms with Gasteiger partial charge >= 0.3 is 0 Å². The smallest absolute Gasteiger partial charge is 0.276 e. The van der Waals surface area contributed by atoms with Crippen LogP contribution in [0.4, 0.5) is 5.69 Å². The van der Waals surface area contributed by atoms with Crippen molar-refractivity contribution in [2.75, 3.05) is 24.9 Å². The molecule has 0 aromatic heterocycles. The van der Waals surface area contributed by atoms with Gasteiger partial charge in [-0.15, -0.1) is 0 Å². The minimum absolute atomic E-state index is 0.0837. The number of para-hydroxylation sites is 1. The van der Waals surface area contributed by atoms with Crippen molar-refractivity contribution in [2.24, 2.45) is 0 Å². The zero-order chi connectivity index (χ0) is 25.4. The van der Waals surface area contributed by atoms with Gasteiger partial charge < -0.3 is 14.8 Å². The average molecular weight is 559 g/mol. The zero-order valence-electron chi connectivity index (χ0n) is 19.0. The van der Waals surface area contributed by atoms with Crippen LogP contribution >= 0.6 is 15.9 Å². The number of amides is 1. The Morgan fingerprint density at radius 2 is 1.83 bits per heavy atom. The predicted octanol–water partition coefficient (Wildman–Crippen LogP) is 4.16. The van der Waals surface area contributed by atoms with E-state index in [4.69, 9.17) is 14.7 Å². The maximum absolute atomic E-state index is 12.8. The highest BCUT2D eigenvalue weighted by atomic mass is 79.9. The van der Waals surface area contributed by atoms with Crippen LogP contribution in [0.3, 0.4) is 0 Å². The van der Waals surface area contributed by atoms with Crippen molar-refractivity contribution in [3.8, 4) is 23.3 Å². The molecule has 0 spiro atoms. The Hall–Kier alpha value is -3.52. The summed E-state index contributed by atoms with van der Waals surface area (Å²) in [6.45, 7) is 1.83. The van der Waals surface area contributed by atoms with Crippen molar-refractivity contribution in [3.05, 3.63) is 81.8 Å². The van der Waals surface area contributed by atoms with Gasteiger partial charge in [-0.2, -0.15) is 0 Å². The Morgan fingerprint density at radius 1 is 1.11 bits per heavy atom. The summed E-state index contributed by atoms with van der Waals surface area (Å²) < 4.78 is 37.1. The number of aryl methyl sites for hydroxylation is 1. The van der Waals surface area contributed by atoms with Crippen LogP contribution in [0.2, 0.25) is 0 Å². The number of nitrogens with one attached hydrogen (secondary N) is 2. The Kier molecular flexibility index (Phi) is 8.76. The highest BCUT2D eigenvalue weighted by Gasteiger charge is 2.19. The molecular weight excluding hydrogens is 536 g/mol. The third kappa shape index (κ3) is 6.76. The first-order valence-electron chi connectivity index (χ1n) is 10.3. The maximum atomic E-state index is 12.8. The standard InChI is InChI=1S/C25H23BrN2O6S/c1-17-14-19(26)15-22(25(29)28-30)24(17)27-16-35(31,32)21-11-9-20(10-12-21)34-13-5-7-18-6-3-4-8-23(18)33-2/h3-4,6,8-12,14-15,27,30H,13,16H2,1-2H3,(H,28,29). The van der Waals surface area contributed by atoms with Crippen molar-refractivity contribution in [3.63, 3.8) is 0 Å². The Balaban J connectivity index is 1.65. The third-order valence-electron chi connectivity index (χ3n) is 4.91. The molecule has 0 atom stereocenters. The third-order valence-corrected chi connectivity index (χ3v) is 6.88. The summed E-state index contributed by atoms with van der Waals surface area (Å²) in [4.78, 5) is 12.1. The largest absolute Gasteiger partial charge is 0.495 e. The van der Waals surface area contributed by atoms with Crippen LogP contribution in [-0.4, -0.2) is 39.1 Å². The Morgan fingerprint density at radius 3 is 2.51 bits per heavy atom. The minimum Gasteiger partial charge on any atom is -0.495 e. The van der Waals surface area contributed by atoms with E-state index in [0.29, 0.717) is 27.2 Å². The zero-order valence-corrected chi connectivity index (χ0v) is 21.4. The fraction of sp³-hybridized carbons (Fsp3) is 0.160. The number of hydrogen-bond donors (Lipinski definition) is 3. The molecule has 0 aliphatic rings. The molecule has 0 fully saturated rings. The molecule has 0 aliphatic heterocycles. The van der Waals surface area contributed by atoms with E-state index < -0.39 is 21.6 Å². The summed E-state index contributed by atoms with van der Waals surface area (Å²) in [5.41, 5.74) is 3.35. The number of anilines is 1. The van der Waals surface area contributed by atoms with Crippen molar-refractivity contribution in [1.29, 1.82) is 0 Å². The van der Waals surface area contributed by atoms with Gasteiger partial charge in [-0.25, -0.2) is 13.9 Å². The van der Waals surface area contributed by atoms with Crippen molar-refractivity contribution < 1.29 is 27.9 Å². The van der Waals surface area contributed by atoms with Gasteiger partial charge in [0, 0.05) is 4.47 Å². The molecule has 8 nitrogen and oxygen atoms in total. The molecule has 182 valence electrons. The van der Waals surface area contributed by atoms with E-state index >= 15 is 0 Å². The van der Waals surface area contributed by atoms with E-state index in [1.54, 1.807) is 37.7 Å². The number of hydroxylamine groups is 1. The van der Waals surface area contributed by atoms with Crippen LogP contribution in [0.15, 0.2) is 70.0 Å². The first-order chi connectivity index (χ1) is 16.7. The number of hydrogen-bond acceptors (Lipinski definition) is 7. The topological polar surface area (TPSA) is 114 Å². The lowest BCUT2D eigenvalue weighted by atomic mass is 10.1. The number of ether oxygens (including phenoxy) is 2. The van der Waals surface area contributed by atoms with E-state index in [-0.39, 0.29) is 17.1 Å². The minimum atomic E-state index is -3.73. The van der Waals surface area contributed by atoms with Crippen LogP contribution in [0, 0.1) is 18.8 Å². The first kappa shape index (κ1) is 26.1. The number of methoxy groups -OCH3 is 1. The van der Waals surface area contributed by atoms with Crippen molar-refractivity contribution in [1.82, 2.24) is 5.48 Å². The fourth-order valence-electron chi connectivity index (χ4n) is 3.21. The van der Waals surface area contributed by atoms with Crippen molar-refractivity contribution >= 4 is 37.4 Å². The lowest BCUT2D eigenvalue weighted by Gasteiger charge is -2.15. The summed E-state index contributed by atoms with van der Waals surface area (Å²) in [6.07, 6.45) is 0. The van der Waals surface area contributed by atoms with E-state index in [0.717, 1.165) is 5.56 Å². The second-order valence-corrected chi connectivity index (χ2v) is 10.2. The number of rotatable bonds is 8. The van der Waals surface area contributed by atoms with E-state index in [9.17, 15) is 13.2 Å². The maximum Gasteiger partial charge on any atom is 0.276 e. The van der Waals surface area contributed by atoms with Gasteiger partial charge in [0.1, 0.15) is 24.0 Å². The first-order valence-corrected chi connectivity index (χ1v) is 12.8. The SMILES string of the molecule is COc1ccccc1C#CCOc1ccc(S(=O)(=O)CNc2c(C)cc(Br)cc2C(=O)NO)cc1. The van der Waals surface area contributed by atoms with E-state index in [1.807, 2.05) is 24.3 Å². The number of sulfone groups is 1. The molecule has 3 aromatic rings. The van der Waals surface area contributed by atoms with E-state index in [1.165, 1.54) is 18.2 Å². The lowest BCUT2D eigenvalue weighted by molar-refractivity contribution is 0.0707. The van der Waals surface area contributed by atoms with Gasteiger partial charge in [0.15, 0.2) is 9.84 Å². The summed E-state index contributed by atoms with van der Waals surface area (Å²) in [7, 11) is -2.16. The molecule has 0 aliphatic carbocycles.